The number of amides is 2. The largest absolute Gasteiger partial charge is 0.356 e. The van der Waals surface area contributed by atoms with Crippen LogP contribution >= 0.6 is 11.8 Å². The van der Waals surface area contributed by atoms with Crippen LogP contribution in [0.15, 0.2) is 24.3 Å². The lowest BCUT2D eigenvalue weighted by Crippen LogP contribution is -2.44. The number of fused-ring (bicyclic) bond motifs is 3. The number of hydrogen-bond acceptors (Lipinski definition) is 4. The molecule has 1 aromatic rings. The van der Waals surface area contributed by atoms with Gasteiger partial charge in [-0.1, -0.05) is 25.0 Å². The highest BCUT2D eigenvalue weighted by atomic mass is 32.2. The van der Waals surface area contributed by atoms with E-state index in [4.69, 9.17) is 0 Å². The van der Waals surface area contributed by atoms with Crippen LogP contribution in [0.5, 0.6) is 0 Å². The summed E-state index contributed by atoms with van der Waals surface area (Å²) in [5.41, 5.74) is 1.92. The van der Waals surface area contributed by atoms with E-state index < -0.39 is 0 Å². The third-order valence-electron chi connectivity index (χ3n) is 5.19. The average Bonchev–Trinajstić information content (AvgIpc) is 3.23. The highest BCUT2D eigenvalue weighted by Crippen LogP contribution is 2.36. The Labute approximate surface area is 146 Å². The average molecular weight is 345 g/mol. The van der Waals surface area contributed by atoms with Crippen molar-refractivity contribution in [3.05, 3.63) is 24.3 Å². The SMILES string of the molecule is O=C(CSC1CCCC1)NC1CC2C(=O)Nc3ccccc3N2C1. The molecule has 6 heteroatoms. The van der Waals surface area contributed by atoms with E-state index in [1.165, 1.54) is 25.7 Å². The van der Waals surface area contributed by atoms with Crippen LogP contribution in [0.4, 0.5) is 11.4 Å². The molecule has 1 saturated carbocycles. The maximum Gasteiger partial charge on any atom is 0.247 e. The van der Waals surface area contributed by atoms with Crippen molar-refractivity contribution in [3.8, 4) is 0 Å². The molecule has 1 saturated heterocycles. The molecule has 0 spiro atoms. The topological polar surface area (TPSA) is 61.4 Å². The van der Waals surface area contributed by atoms with Gasteiger partial charge in [0, 0.05) is 17.8 Å². The van der Waals surface area contributed by atoms with Gasteiger partial charge in [0.2, 0.25) is 11.8 Å². The van der Waals surface area contributed by atoms with Crippen LogP contribution < -0.4 is 15.5 Å². The maximum absolute atomic E-state index is 12.3. The van der Waals surface area contributed by atoms with Crippen molar-refractivity contribution in [2.24, 2.45) is 0 Å². The molecule has 128 valence electrons. The fourth-order valence-electron chi connectivity index (χ4n) is 4.02. The third-order valence-corrected chi connectivity index (χ3v) is 6.56. The Morgan fingerprint density at radius 1 is 1.29 bits per heavy atom. The molecule has 2 aliphatic heterocycles. The molecule has 2 N–H and O–H groups in total. The van der Waals surface area contributed by atoms with E-state index in [1.54, 1.807) is 11.8 Å². The number of para-hydroxylation sites is 2. The van der Waals surface area contributed by atoms with Crippen molar-refractivity contribution in [1.29, 1.82) is 0 Å². The molecule has 0 radical (unpaired) electrons. The number of benzene rings is 1. The smallest absolute Gasteiger partial charge is 0.247 e. The number of rotatable bonds is 4. The Balaban J connectivity index is 1.35. The minimum Gasteiger partial charge on any atom is -0.356 e. The Bertz CT molecular complexity index is 645. The van der Waals surface area contributed by atoms with Gasteiger partial charge >= 0.3 is 0 Å². The number of carbonyl (C=O) groups is 2. The maximum atomic E-state index is 12.3. The second-order valence-corrected chi connectivity index (χ2v) is 8.18. The monoisotopic (exact) mass is 345 g/mol. The van der Waals surface area contributed by atoms with Crippen molar-refractivity contribution >= 4 is 35.0 Å². The summed E-state index contributed by atoms with van der Waals surface area (Å²) < 4.78 is 0. The van der Waals surface area contributed by atoms with Gasteiger partial charge in [-0.2, -0.15) is 0 Å². The van der Waals surface area contributed by atoms with Gasteiger partial charge < -0.3 is 15.5 Å². The Morgan fingerprint density at radius 2 is 2.08 bits per heavy atom. The first-order valence-corrected chi connectivity index (χ1v) is 9.83. The summed E-state index contributed by atoms with van der Waals surface area (Å²) in [6.07, 6.45) is 5.77. The van der Waals surface area contributed by atoms with Crippen molar-refractivity contribution in [2.75, 3.05) is 22.5 Å². The highest BCUT2D eigenvalue weighted by Gasteiger charge is 2.41. The van der Waals surface area contributed by atoms with Gasteiger partial charge in [0.1, 0.15) is 6.04 Å². The van der Waals surface area contributed by atoms with E-state index >= 15 is 0 Å². The van der Waals surface area contributed by atoms with Gasteiger partial charge in [-0.05, 0) is 31.4 Å². The molecule has 1 aliphatic carbocycles. The number of anilines is 2. The molecule has 2 fully saturated rings. The lowest BCUT2D eigenvalue weighted by molar-refractivity contribution is -0.120. The van der Waals surface area contributed by atoms with Crippen LogP contribution in [0.3, 0.4) is 0 Å². The number of hydrogen-bond donors (Lipinski definition) is 2. The van der Waals surface area contributed by atoms with Crippen LogP contribution in [0.2, 0.25) is 0 Å². The minimum absolute atomic E-state index is 0.0331. The zero-order chi connectivity index (χ0) is 16.5. The van der Waals surface area contributed by atoms with Gasteiger partial charge in [-0.3, -0.25) is 9.59 Å². The molecule has 2 amide bonds. The van der Waals surface area contributed by atoms with Crippen molar-refractivity contribution in [3.63, 3.8) is 0 Å². The third kappa shape index (κ3) is 3.11. The van der Waals surface area contributed by atoms with E-state index in [9.17, 15) is 9.59 Å². The van der Waals surface area contributed by atoms with E-state index in [0.717, 1.165) is 11.4 Å². The zero-order valence-electron chi connectivity index (χ0n) is 13.7. The molecule has 4 rings (SSSR count). The summed E-state index contributed by atoms with van der Waals surface area (Å²) >= 11 is 1.79. The summed E-state index contributed by atoms with van der Waals surface area (Å²) in [5.74, 6) is 0.672. The van der Waals surface area contributed by atoms with Gasteiger partial charge in [0.05, 0.1) is 17.1 Å². The van der Waals surface area contributed by atoms with Gasteiger partial charge in [-0.15, -0.1) is 11.8 Å². The predicted molar refractivity (Wildman–Crippen MR) is 97.5 cm³/mol. The molecule has 5 nitrogen and oxygen atoms in total. The first-order chi connectivity index (χ1) is 11.7. The predicted octanol–water partition coefficient (Wildman–Crippen LogP) is 2.38. The van der Waals surface area contributed by atoms with Gasteiger partial charge in [0.25, 0.3) is 0 Å². The number of nitrogens with one attached hydrogen (secondary N) is 2. The normalized spacial score (nSPS) is 26.0. The Kier molecular flexibility index (Phi) is 4.39. The summed E-state index contributed by atoms with van der Waals surface area (Å²) in [6, 6.07) is 7.73. The first-order valence-electron chi connectivity index (χ1n) is 8.78. The Hall–Kier alpha value is -1.69. The fraction of sp³-hybridized carbons (Fsp3) is 0.556. The second-order valence-electron chi connectivity index (χ2n) is 6.89. The van der Waals surface area contributed by atoms with Crippen molar-refractivity contribution in [2.45, 2.75) is 49.4 Å². The second kappa shape index (κ2) is 6.67. The van der Waals surface area contributed by atoms with E-state index in [0.29, 0.717) is 24.0 Å². The number of carbonyl (C=O) groups excluding carboxylic acids is 2. The standard InChI is InChI=1S/C18H23N3O2S/c22-17(11-24-13-5-1-2-6-13)19-12-9-16-18(23)20-14-7-3-4-8-15(14)21(16)10-12/h3-4,7-8,12-13,16H,1-2,5-6,9-11H2,(H,19,22)(H,20,23). The van der Waals surface area contributed by atoms with Crippen LogP contribution in [0.1, 0.15) is 32.1 Å². The van der Waals surface area contributed by atoms with Gasteiger partial charge in [0.15, 0.2) is 0 Å². The lowest BCUT2D eigenvalue weighted by atomic mass is 10.1. The van der Waals surface area contributed by atoms with Crippen molar-refractivity contribution in [1.82, 2.24) is 5.32 Å². The van der Waals surface area contributed by atoms with Crippen LogP contribution in [-0.2, 0) is 9.59 Å². The zero-order valence-corrected chi connectivity index (χ0v) is 14.5. The number of nitrogens with zero attached hydrogens (tertiary/aromatic N) is 1. The van der Waals surface area contributed by atoms with Crippen LogP contribution in [-0.4, -0.2) is 41.4 Å². The molecule has 3 aliphatic rings. The molecule has 0 bridgehead atoms. The molecule has 0 aromatic heterocycles. The molecule has 2 unspecified atom stereocenters. The Morgan fingerprint density at radius 3 is 2.92 bits per heavy atom. The van der Waals surface area contributed by atoms with E-state index in [-0.39, 0.29) is 23.9 Å². The quantitative estimate of drug-likeness (QED) is 0.880. The molecule has 1 aromatic carbocycles. The lowest BCUT2D eigenvalue weighted by Gasteiger charge is -2.32. The first kappa shape index (κ1) is 15.8. The summed E-state index contributed by atoms with van der Waals surface area (Å²) in [6.45, 7) is 0.703. The molecule has 24 heavy (non-hydrogen) atoms. The molecule has 2 atom stereocenters. The summed E-state index contributed by atoms with van der Waals surface area (Å²) in [7, 11) is 0. The molecule has 2 heterocycles. The number of thioether (sulfide) groups is 1. The summed E-state index contributed by atoms with van der Waals surface area (Å²) in [4.78, 5) is 26.7. The van der Waals surface area contributed by atoms with Crippen molar-refractivity contribution < 1.29 is 9.59 Å². The van der Waals surface area contributed by atoms with E-state index in [1.807, 2.05) is 24.3 Å². The molecular weight excluding hydrogens is 322 g/mol. The fourth-order valence-corrected chi connectivity index (χ4v) is 5.16. The summed E-state index contributed by atoms with van der Waals surface area (Å²) in [5, 5.41) is 6.75. The van der Waals surface area contributed by atoms with E-state index in [2.05, 4.69) is 15.5 Å². The van der Waals surface area contributed by atoms with Crippen LogP contribution in [0.25, 0.3) is 0 Å². The van der Waals surface area contributed by atoms with Gasteiger partial charge in [-0.25, -0.2) is 0 Å². The molecular formula is C18H23N3O2S. The highest BCUT2D eigenvalue weighted by molar-refractivity contribution is 8.00. The van der Waals surface area contributed by atoms with Crippen LogP contribution in [0, 0.1) is 0 Å². The minimum atomic E-state index is -0.173.